The Balaban J connectivity index is 1.69. The molecule has 0 atom stereocenters. The third-order valence-electron chi connectivity index (χ3n) is 2.93. The Morgan fingerprint density at radius 3 is 2.76 bits per heavy atom. The van der Waals surface area contributed by atoms with Crippen molar-refractivity contribution in [2.75, 3.05) is 19.6 Å². The van der Waals surface area contributed by atoms with Crippen LogP contribution in [0.25, 0.3) is 0 Å². The lowest BCUT2D eigenvalue weighted by Gasteiger charge is -2.20. The Hall–Kier alpha value is -1.43. The number of carbonyl (C=O) groups excluding carboxylic acids is 1. The molecule has 1 saturated heterocycles. The van der Waals surface area contributed by atoms with Crippen LogP contribution in [-0.4, -0.2) is 40.6 Å². The molecule has 6 heteroatoms. The van der Waals surface area contributed by atoms with Gasteiger partial charge in [0.25, 0.3) is 0 Å². The van der Waals surface area contributed by atoms with E-state index in [9.17, 15) is 4.79 Å². The SMILES string of the molecule is O=C(CNCc1ncon1)N1CCCCCC1. The highest BCUT2D eigenvalue weighted by Gasteiger charge is 2.14. The normalized spacial score (nSPS) is 16.8. The highest BCUT2D eigenvalue weighted by Crippen LogP contribution is 2.09. The average Bonchev–Trinajstić information content (AvgIpc) is 2.69. The molecule has 1 N–H and O–H groups in total. The molecule has 1 aliphatic rings. The van der Waals surface area contributed by atoms with Crippen LogP contribution in [0.1, 0.15) is 31.5 Å². The Labute approximate surface area is 100 Å². The molecule has 17 heavy (non-hydrogen) atoms. The van der Waals surface area contributed by atoms with Crippen LogP contribution in [0.15, 0.2) is 10.9 Å². The standard InChI is InChI=1S/C11H18N4O2/c16-11(15-5-3-1-2-4-6-15)8-12-7-10-13-9-17-14-10/h9,12H,1-8H2. The van der Waals surface area contributed by atoms with Gasteiger partial charge in [0.2, 0.25) is 12.3 Å². The number of nitrogens with one attached hydrogen (secondary N) is 1. The molecular weight excluding hydrogens is 220 g/mol. The fraction of sp³-hybridized carbons (Fsp3) is 0.727. The number of aromatic nitrogens is 2. The summed E-state index contributed by atoms with van der Waals surface area (Å²) < 4.78 is 4.61. The van der Waals surface area contributed by atoms with Gasteiger partial charge in [-0.2, -0.15) is 4.98 Å². The first-order chi connectivity index (χ1) is 8.36. The zero-order chi connectivity index (χ0) is 11.9. The summed E-state index contributed by atoms with van der Waals surface area (Å²) in [5.41, 5.74) is 0. The summed E-state index contributed by atoms with van der Waals surface area (Å²) in [5.74, 6) is 0.740. The summed E-state index contributed by atoms with van der Waals surface area (Å²) in [5, 5.41) is 6.70. The molecule has 0 radical (unpaired) electrons. The predicted molar refractivity (Wildman–Crippen MR) is 61.1 cm³/mol. The third-order valence-corrected chi connectivity index (χ3v) is 2.93. The first-order valence-corrected chi connectivity index (χ1v) is 6.10. The first kappa shape index (κ1) is 12.0. The average molecular weight is 238 g/mol. The molecule has 0 aliphatic carbocycles. The van der Waals surface area contributed by atoms with Gasteiger partial charge in [0, 0.05) is 13.1 Å². The van der Waals surface area contributed by atoms with Crippen molar-refractivity contribution in [1.82, 2.24) is 20.4 Å². The van der Waals surface area contributed by atoms with Gasteiger partial charge in [0.15, 0.2) is 5.82 Å². The van der Waals surface area contributed by atoms with Crippen molar-refractivity contribution in [3.8, 4) is 0 Å². The highest BCUT2D eigenvalue weighted by molar-refractivity contribution is 5.78. The first-order valence-electron chi connectivity index (χ1n) is 6.10. The van der Waals surface area contributed by atoms with Crippen LogP contribution < -0.4 is 5.32 Å². The Kier molecular flexibility index (Phi) is 4.49. The molecule has 1 aromatic heterocycles. The lowest BCUT2D eigenvalue weighted by atomic mass is 10.2. The van der Waals surface area contributed by atoms with Crippen LogP contribution in [0, 0.1) is 0 Å². The van der Waals surface area contributed by atoms with Gasteiger partial charge in [-0.05, 0) is 12.8 Å². The minimum Gasteiger partial charge on any atom is -0.343 e. The van der Waals surface area contributed by atoms with E-state index in [0.717, 1.165) is 25.9 Å². The zero-order valence-electron chi connectivity index (χ0n) is 9.89. The van der Waals surface area contributed by atoms with E-state index in [2.05, 4.69) is 20.0 Å². The van der Waals surface area contributed by atoms with Crippen molar-refractivity contribution in [1.29, 1.82) is 0 Å². The van der Waals surface area contributed by atoms with Crippen molar-refractivity contribution < 1.29 is 9.32 Å². The van der Waals surface area contributed by atoms with E-state index in [1.54, 1.807) is 0 Å². The molecule has 2 heterocycles. The van der Waals surface area contributed by atoms with Crippen LogP contribution in [0.5, 0.6) is 0 Å². The topological polar surface area (TPSA) is 71.3 Å². The summed E-state index contributed by atoms with van der Waals surface area (Å²) in [4.78, 5) is 17.7. The highest BCUT2D eigenvalue weighted by atomic mass is 16.5. The van der Waals surface area contributed by atoms with Gasteiger partial charge in [-0.15, -0.1) is 0 Å². The van der Waals surface area contributed by atoms with E-state index in [0.29, 0.717) is 18.9 Å². The summed E-state index contributed by atoms with van der Waals surface area (Å²) in [7, 11) is 0. The Morgan fingerprint density at radius 2 is 2.12 bits per heavy atom. The van der Waals surface area contributed by atoms with Gasteiger partial charge in [0.05, 0.1) is 13.1 Å². The lowest BCUT2D eigenvalue weighted by Crippen LogP contribution is -2.38. The fourth-order valence-electron chi connectivity index (χ4n) is 1.98. The largest absolute Gasteiger partial charge is 0.343 e. The van der Waals surface area contributed by atoms with Gasteiger partial charge in [-0.3, -0.25) is 4.79 Å². The Bertz CT molecular complexity index is 331. The fourth-order valence-corrected chi connectivity index (χ4v) is 1.98. The molecule has 1 aliphatic heterocycles. The van der Waals surface area contributed by atoms with Gasteiger partial charge >= 0.3 is 0 Å². The molecule has 0 aromatic carbocycles. The van der Waals surface area contributed by atoms with Crippen molar-refractivity contribution in [3.63, 3.8) is 0 Å². The van der Waals surface area contributed by atoms with Gasteiger partial charge in [-0.25, -0.2) is 0 Å². The van der Waals surface area contributed by atoms with E-state index in [1.807, 2.05) is 4.90 Å². The molecule has 6 nitrogen and oxygen atoms in total. The van der Waals surface area contributed by atoms with Crippen LogP contribution >= 0.6 is 0 Å². The number of carbonyl (C=O) groups is 1. The lowest BCUT2D eigenvalue weighted by molar-refractivity contribution is -0.130. The van der Waals surface area contributed by atoms with Crippen LogP contribution in [0.4, 0.5) is 0 Å². The van der Waals surface area contributed by atoms with Gasteiger partial charge < -0.3 is 14.7 Å². The minimum absolute atomic E-state index is 0.162. The van der Waals surface area contributed by atoms with Crippen molar-refractivity contribution >= 4 is 5.91 Å². The molecule has 94 valence electrons. The minimum atomic E-state index is 0.162. The summed E-state index contributed by atoms with van der Waals surface area (Å²) >= 11 is 0. The van der Waals surface area contributed by atoms with E-state index in [1.165, 1.54) is 19.2 Å². The van der Waals surface area contributed by atoms with Crippen molar-refractivity contribution in [2.24, 2.45) is 0 Å². The molecule has 2 rings (SSSR count). The molecule has 0 bridgehead atoms. The molecule has 0 unspecified atom stereocenters. The number of hydrogen-bond donors (Lipinski definition) is 1. The van der Waals surface area contributed by atoms with Gasteiger partial charge in [-0.1, -0.05) is 18.0 Å². The number of amides is 1. The molecule has 1 fully saturated rings. The zero-order valence-corrected chi connectivity index (χ0v) is 9.89. The van der Waals surface area contributed by atoms with E-state index < -0.39 is 0 Å². The summed E-state index contributed by atoms with van der Waals surface area (Å²) in [6.07, 6.45) is 6.00. The molecular formula is C11H18N4O2. The van der Waals surface area contributed by atoms with Crippen LogP contribution in [-0.2, 0) is 11.3 Å². The second-order valence-electron chi connectivity index (χ2n) is 4.25. The van der Waals surface area contributed by atoms with Crippen molar-refractivity contribution in [3.05, 3.63) is 12.2 Å². The van der Waals surface area contributed by atoms with E-state index in [4.69, 9.17) is 0 Å². The van der Waals surface area contributed by atoms with Crippen LogP contribution in [0.2, 0.25) is 0 Å². The van der Waals surface area contributed by atoms with E-state index in [-0.39, 0.29) is 5.91 Å². The maximum absolute atomic E-state index is 11.9. The maximum atomic E-state index is 11.9. The third kappa shape index (κ3) is 3.81. The monoisotopic (exact) mass is 238 g/mol. The van der Waals surface area contributed by atoms with Crippen molar-refractivity contribution in [2.45, 2.75) is 32.2 Å². The number of nitrogens with zero attached hydrogens (tertiary/aromatic N) is 3. The maximum Gasteiger partial charge on any atom is 0.236 e. The molecule has 1 amide bonds. The molecule has 1 aromatic rings. The smallest absolute Gasteiger partial charge is 0.236 e. The Morgan fingerprint density at radius 1 is 1.35 bits per heavy atom. The summed E-state index contributed by atoms with van der Waals surface area (Å²) in [6.45, 7) is 2.59. The summed E-state index contributed by atoms with van der Waals surface area (Å²) in [6, 6.07) is 0. The molecule has 0 saturated carbocycles. The van der Waals surface area contributed by atoms with Gasteiger partial charge in [0.1, 0.15) is 0 Å². The number of hydrogen-bond acceptors (Lipinski definition) is 5. The number of likely N-dealkylation sites (tertiary alicyclic amines) is 1. The quantitative estimate of drug-likeness (QED) is 0.830. The number of rotatable bonds is 4. The second kappa shape index (κ2) is 6.34. The predicted octanol–water partition coefficient (Wildman–Crippen LogP) is 0.562. The second-order valence-corrected chi connectivity index (χ2v) is 4.25. The molecule has 0 spiro atoms. The van der Waals surface area contributed by atoms with Crippen LogP contribution in [0.3, 0.4) is 0 Å². The van der Waals surface area contributed by atoms with E-state index >= 15 is 0 Å².